The molecule has 1 unspecified atom stereocenters. The molecular weight excluding hydrogens is 356 g/mol. The Morgan fingerprint density at radius 1 is 1.32 bits per heavy atom. The van der Waals surface area contributed by atoms with Crippen LogP contribution in [-0.4, -0.2) is 46.2 Å². The average molecular weight is 380 g/mol. The third-order valence-corrected chi connectivity index (χ3v) is 5.85. The molecule has 2 saturated heterocycles. The van der Waals surface area contributed by atoms with E-state index in [2.05, 4.69) is 16.2 Å². The SMILES string of the molecule is Cc1noc(CC2CCOC3(CCN(C(=O)c4ccc(C#N)cc4)CC3)C2)n1. The fourth-order valence-corrected chi connectivity index (χ4v) is 4.31. The molecule has 0 bridgehead atoms. The highest BCUT2D eigenvalue weighted by Crippen LogP contribution is 2.39. The minimum Gasteiger partial charge on any atom is -0.375 e. The molecule has 1 amide bonds. The molecule has 3 heterocycles. The van der Waals surface area contributed by atoms with E-state index >= 15 is 0 Å². The van der Waals surface area contributed by atoms with Gasteiger partial charge in [-0.1, -0.05) is 5.16 Å². The number of amides is 1. The molecule has 0 radical (unpaired) electrons. The first-order chi connectivity index (χ1) is 13.6. The van der Waals surface area contributed by atoms with Crippen LogP contribution in [0.1, 0.15) is 53.3 Å². The highest BCUT2D eigenvalue weighted by molar-refractivity contribution is 5.94. The van der Waals surface area contributed by atoms with Crippen molar-refractivity contribution in [1.82, 2.24) is 15.0 Å². The minimum absolute atomic E-state index is 0.0213. The van der Waals surface area contributed by atoms with E-state index in [1.165, 1.54) is 0 Å². The number of hydrogen-bond acceptors (Lipinski definition) is 6. The number of piperidine rings is 1. The second-order valence-corrected chi connectivity index (χ2v) is 7.81. The van der Waals surface area contributed by atoms with Crippen molar-refractivity contribution in [1.29, 1.82) is 5.26 Å². The van der Waals surface area contributed by atoms with Gasteiger partial charge in [-0.3, -0.25) is 4.79 Å². The Morgan fingerprint density at radius 2 is 2.07 bits per heavy atom. The molecule has 1 aromatic heterocycles. The van der Waals surface area contributed by atoms with Gasteiger partial charge in [0, 0.05) is 31.7 Å². The predicted molar refractivity (Wildman–Crippen MR) is 100 cm³/mol. The van der Waals surface area contributed by atoms with Crippen LogP contribution >= 0.6 is 0 Å². The van der Waals surface area contributed by atoms with Crippen LogP contribution < -0.4 is 0 Å². The van der Waals surface area contributed by atoms with E-state index in [0.717, 1.165) is 38.7 Å². The van der Waals surface area contributed by atoms with Crippen LogP contribution in [0.2, 0.25) is 0 Å². The Morgan fingerprint density at radius 3 is 2.71 bits per heavy atom. The summed E-state index contributed by atoms with van der Waals surface area (Å²) in [5, 5.41) is 12.8. The second kappa shape index (κ2) is 7.72. The molecule has 2 aliphatic rings. The van der Waals surface area contributed by atoms with Crippen molar-refractivity contribution >= 4 is 5.91 Å². The molecule has 28 heavy (non-hydrogen) atoms. The van der Waals surface area contributed by atoms with E-state index in [1.807, 2.05) is 11.8 Å². The van der Waals surface area contributed by atoms with E-state index in [0.29, 0.717) is 41.8 Å². The van der Waals surface area contributed by atoms with E-state index in [4.69, 9.17) is 14.5 Å². The number of aromatic nitrogens is 2. The standard InChI is InChI=1S/C21H24N4O3/c1-15-23-19(28-24-15)12-17-6-11-27-21(13-17)7-9-25(10-8-21)20(26)18-4-2-16(14-22)3-5-18/h2-5,17H,6-13H2,1H3. The summed E-state index contributed by atoms with van der Waals surface area (Å²) in [6.45, 7) is 3.94. The van der Waals surface area contributed by atoms with Gasteiger partial charge >= 0.3 is 0 Å². The third kappa shape index (κ3) is 3.92. The molecule has 1 spiro atoms. The second-order valence-electron chi connectivity index (χ2n) is 7.81. The molecule has 146 valence electrons. The smallest absolute Gasteiger partial charge is 0.253 e. The lowest BCUT2D eigenvalue weighted by Gasteiger charge is -2.46. The van der Waals surface area contributed by atoms with Gasteiger partial charge in [0.25, 0.3) is 5.91 Å². The molecule has 0 aliphatic carbocycles. The average Bonchev–Trinajstić information content (AvgIpc) is 3.13. The maximum Gasteiger partial charge on any atom is 0.253 e. The van der Waals surface area contributed by atoms with E-state index in [1.54, 1.807) is 24.3 Å². The van der Waals surface area contributed by atoms with Gasteiger partial charge in [0.15, 0.2) is 5.82 Å². The third-order valence-electron chi connectivity index (χ3n) is 5.85. The fraction of sp³-hybridized carbons (Fsp3) is 0.524. The first-order valence-electron chi connectivity index (χ1n) is 9.79. The lowest BCUT2D eigenvalue weighted by molar-refractivity contribution is -0.124. The number of rotatable bonds is 3. The summed E-state index contributed by atoms with van der Waals surface area (Å²) in [5.74, 6) is 1.86. The number of carbonyl (C=O) groups is 1. The van der Waals surface area contributed by atoms with Crippen LogP contribution in [0.4, 0.5) is 0 Å². The topological polar surface area (TPSA) is 92.3 Å². The Balaban J connectivity index is 1.35. The Kier molecular flexibility index (Phi) is 5.14. The van der Waals surface area contributed by atoms with Crippen LogP contribution in [0.25, 0.3) is 0 Å². The van der Waals surface area contributed by atoms with Crippen LogP contribution in [0.3, 0.4) is 0 Å². The molecule has 1 atom stereocenters. The zero-order valence-corrected chi connectivity index (χ0v) is 16.1. The quantitative estimate of drug-likeness (QED) is 0.813. The number of benzene rings is 1. The van der Waals surface area contributed by atoms with Gasteiger partial charge in [0.1, 0.15) is 0 Å². The van der Waals surface area contributed by atoms with Crippen LogP contribution in [0.15, 0.2) is 28.8 Å². The zero-order valence-electron chi connectivity index (χ0n) is 16.1. The number of nitrogens with zero attached hydrogens (tertiary/aromatic N) is 4. The molecule has 2 aliphatic heterocycles. The fourth-order valence-electron chi connectivity index (χ4n) is 4.31. The number of carbonyl (C=O) groups excluding carboxylic acids is 1. The van der Waals surface area contributed by atoms with Crippen LogP contribution in [-0.2, 0) is 11.2 Å². The largest absolute Gasteiger partial charge is 0.375 e. The van der Waals surface area contributed by atoms with Crippen molar-refractivity contribution in [2.45, 2.75) is 44.6 Å². The van der Waals surface area contributed by atoms with Crippen molar-refractivity contribution in [3.8, 4) is 6.07 Å². The van der Waals surface area contributed by atoms with E-state index in [9.17, 15) is 4.79 Å². The molecule has 0 saturated carbocycles. The van der Waals surface area contributed by atoms with Gasteiger partial charge in [-0.25, -0.2) is 0 Å². The number of likely N-dealkylation sites (tertiary alicyclic amines) is 1. The number of aryl methyl sites for hydroxylation is 1. The van der Waals surface area contributed by atoms with Crippen LogP contribution in [0.5, 0.6) is 0 Å². The van der Waals surface area contributed by atoms with Crippen LogP contribution in [0, 0.1) is 24.2 Å². The zero-order chi connectivity index (χ0) is 19.6. The molecule has 4 rings (SSSR count). The summed E-state index contributed by atoms with van der Waals surface area (Å²) in [4.78, 5) is 19.0. The van der Waals surface area contributed by atoms with Crippen molar-refractivity contribution in [2.75, 3.05) is 19.7 Å². The summed E-state index contributed by atoms with van der Waals surface area (Å²) < 4.78 is 11.5. The number of ether oxygens (including phenoxy) is 1. The van der Waals surface area contributed by atoms with E-state index in [-0.39, 0.29) is 11.5 Å². The Hall–Kier alpha value is -2.72. The number of nitriles is 1. The summed E-state index contributed by atoms with van der Waals surface area (Å²) >= 11 is 0. The van der Waals surface area contributed by atoms with E-state index < -0.39 is 0 Å². The normalized spacial score (nSPS) is 21.4. The molecule has 7 heteroatoms. The summed E-state index contributed by atoms with van der Waals surface area (Å²) in [5.41, 5.74) is 1.04. The highest BCUT2D eigenvalue weighted by Gasteiger charge is 2.41. The van der Waals surface area contributed by atoms with Crippen molar-refractivity contribution in [3.05, 3.63) is 47.1 Å². The van der Waals surface area contributed by atoms with Crippen molar-refractivity contribution < 1.29 is 14.1 Å². The Bertz CT molecular complexity index is 876. The van der Waals surface area contributed by atoms with Gasteiger partial charge in [-0.05, 0) is 62.8 Å². The van der Waals surface area contributed by atoms with Crippen molar-refractivity contribution in [2.24, 2.45) is 5.92 Å². The molecule has 1 aromatic carbocycles. The minimum atomic E-state index is -0.153. The number of hydrogen-bond donors (Lipinski definition) is 0. The molecule has 2 fully saturated rings. The first-order valence-corrected chi connectivity index (χ1v) is 9.79. The summed E-state index contributed by atoms with van der Waals surface area (Å²) in [6, 6.07) is 8.91. The maximum atomic E-state index is 12.8. The van der Waals surface area contributed by atoms with Gasteiger partial charge in [0.05, 0.1) is 17.2 Å². The van der Waals surface area contributed by atoms with Gasteiger partial charge in [-0.2, -0.15) is 10.2 Å². The van der Waals surface area contributed by atoms with Crippen molar-refractivity contribution in [3.63, 3.8) is 0 Å². The first kappa shape index (κ1) is 18.6. The molecule has 2 aromatic rings. The maximum absolute atomic E-state index is 12.8. The lowest BCUT2D eigenvalue weighted by atomic mass is 9.78. The monoisotopic (exact) mass is 380 g/mol. The molecular formula is C21H24N4O3. The predicted octanol–water partition coefficient (Wildman–Crippen LogP) is 2.89. The summed E-state index contributed by atoms with van der Waals surface area (Å²) in [7, 11) is 0. The van der Waals surface area contributed by atoms with Gasteiger partial charge < -0.3 is 14.2 Å². The molecule has 7 nitrogen and oxygen atoms in total. The van der Waals surface area contributed by atoms with Gasteiger partial charge in [0.2, 0.25) is 5.89 Å². The summed E-state index contributed by atoms with van der Waals surface area (Å²) in [6.07, 6.45) is 4.44. The highest BCUT2D eigenvalue weighted by atomic mass is 16.5. The lowest BCUT2D eigenvalue weighted by Crippen LogP contribution is -2.51. The Labute approximate surface area is 164 Å². The van der Waals surface area contributed by atoms with Gasteiger partial charge in [-0.15, -0.1) is 0 Å². The molecule has 0 N–H and O–H groups in total.